The molecule has 0 aromatic carbocycles. The molecule has 1 unspecified atom stereocenters. The minimum atomic E-state index is -3.00. The molecule has 0 radical (unpaired) electrons. The van der Waals surface area contributed by atoms with E-state index in [2.05, 4.69) is 10.3 Å². The molecule has 0 aliphatic carbocycles. The molecule has 112 valence electrons. The number of sulfone groups is 1. The smallest absolute Gasteiger partial charge is 0.224 e. The van der Waals surface area contributed by atoms with Gasteiger partial charge < -0.3 is 10.2 Å². The van der Waals surface area contributed by atoms with Crippen LogP contribution in [0.1, 0.15) is 17.0 Å². The number of amides is 1. The number of hydrogen-bond donors (Lipinski definition) is 1. The summed E-state index contributed by atoms with van der Waals surface area (Å²) in [5, 5.41) is 3.09. The van der Waals surface area contributed by atoms with Gasteiger partial charge in [-0.1, -0.05) is 0 Å². The fraction of sp³-hybridized carbons (Fsp3) is 0.667. The molecule has 1 aromatic heterocycles. The first kappa shape index (κ1) is 15.4. The average molecular weight is 317 g/mol. The van der Waals surface area contributed by atoms with Crippen molar-refractivity contribution in [2.45, 2.75) is 25.9 Å². The molecule has 0 bridgehead atoms. The molecule has 6 nitrogen and oxygen atoms in total. The Balaban J connectivity index is 1.89. The molecule has 1 N–H and O–H groups in total. The highest BCUT2D eigenvalue weighted by Crippen LogP contribution is 2.15. The Kier molecular flexibility index (Phi) is 4.77. The standard InChI is InChI=1S/C12H19N3O3S2/c1-9-11(19-8-14-9)6-15(2)12(16)5-10-7-20(17,18)4-3-13-10/h8,10,13H,3-7H2,1-2H3. The number of aryl methyl sites for hydroxylation is 1. The van der Waals surface area contributed by atoms with Gasteiger partial charge in [0.25, 0.3) is 0 Å². The van der Waals surface area contributed by atoms with Crippen LogP contribution in [-0.2, 0) is 21.2 Å². The van der Waals surface area contributed by atoms with E-state index >= 15 is 0 Å². The lowest BCUT2D eigenvalue weighted by molar-refractivity contribution is -0.130. The molecule has 0 saturated carbocycles. The fourth-order valence-corrected chi connectivity index (χ4v) is 4.42. The number of nitrogens with one attached hydrogen (secondary N) is 1. The van der Waals surface area contributed by atoms with E-state index in [0.29, 0.717) is 13.1 Å². The lowest BCUT2D eigenvalue weighted by Crippen LogP contribution is -2.47. The predicted molar refractivity (Wildman–Crippen MR) is 78.4 cm³/mol. The molecule has 1 saturated heterocycles. The third-order valence-electron chi connectivity index (χ3n) is 3.37. The summed E-state index contributed by atoms with van der Waals surface area (Å²) in [7, 11) is -1.27. The van der Waals surface area contributed by atoms with Crippen molar-refractivity contribution in [1.82, 2.24) is 15.2 Å². The van der Waals surface area contributed by atoms with E-state index < -0.39 is 9.84 Å². The molecular formula is C12H19N3O3S2. The lowest BCUT2D eigenvalue weighted by Gasteiger charge is -2.25. The molecule has 1 aliphatic heterocycles. The Hall–Kier alpha value is -0.990. The largest absolute Gasteiger partial charge is 0.340 e. The zero-order valence-electron chi connectivity index (χ0n) is 11.6. The van der Waals surface area contributed by atoms with Gasteiger partial charge in [0.05, 0.1) is 29.3 Å². The Bertz CT molecular complexity index is 583. The second-order valence-corrected chi connectivity index (χ2v) is 8.25. The summed E-state index contributed by atoms with van der Waals surface area (Å²) in [6.45, 7) is 2.87. The van der Waals surface area contributed by atoms with Crippen LogP contribution in [0.3, 0.4) is 0 Å². The van der Waals surface area contributed by atoms with Crippen molar-refractivity contribution in [2.24, 2.45) is 0 Å². The summed E-state index contributed by atoms with van der Waals surface area (Å²) in [5.74, 6) is 0.159. The van der Waals surface area contributed by atoms with Crippen LogP contribution in [-0.4, -0.2) is 55.3 Å². The van der Waals surface area contributed by atoms with E-state index in [0.717, 1.165) is 10.6 Å². The third kappa shape index (κ3) is 4.00. The van der Waals surface area contributed by atoms with Gasteiger partial charge in [0.1, 0.15) is 0 Å². The second-order valence-electron chi connectivity index (χ2n) is 5.08. The molecule has 1 aromatic rings. The normalized spacial score (nSPS) is 21.6. The number of thiazole rings is 1. The van der Waals surface area contributed by atoms with Gasteiger partial charge in [0.2, 0.25) is 5.91 Å². The zero-order chi connectivity index (χ0) is 14.8. The summed E-state index contributed by atoms with van der Waals surface area (Å²) in [5.41, 5.74) is 2.70. The Morgan fingerprint density at radius 1 is 1.60 bits per heavy atom. The lowest BCUT2D eigenvalue weighted by atomic mass is 10.2. The van der Waals surface area contributed by atoms with Crippen molar-refractivity contribution in [2.75, 3.05) is 25.1 Å². The molecule has 1 amide bonds. The average Bonchev–Trinajstić information content (AvgIpc) is 2.73. The molecule has 1 atom stereocenters. The molecule has 20 heavy (non-hydrogen) atoms. The predicted octanol–water partition coefficient (Wildman–Crippen LogP) is 0.187. The van der Waals surface area contributed by atoms with Gasteiger partial charge in [-0.25, -0.2) is 13.4 Å². The van der Waals surface area contributed by atoms with Gasteiger partial charge >= 0.3 is 0 Å². The number of carbonyl (C=O) groups excluding carboxylic acids is 1. The van der Waals surface area contributed by atoms with Crippen molar-refractivity contribution in [1.29, 1.82) is 0 Å². The first-order valence-electron chi connectivity index (χ1n) is 6.44. The van der Waals surface area contributed by atoms with Crippen LogP contribution >= 0.6 is 11.3 Å². The van der Waals surface area contributed by atoms with E-state index in [1.807, 2.05) is 6.92 Å². The monoisotopic (exact) mass is 317 g/mol. The van der Waals surface area contributed by atoms with Gasteiger partial charge in [-0.3, -0.25) is 4.79 Å². The van der Waals surface area contributed by atoms with Gasteiger partial charge in [-0.05, 0) is 6.92 Å². The minimum Gasteiger partial charge on any atom is -0.340 e. The molecule has 8 heteroatoms. The van der Waals surface area contributed by atoms with Crippen LogP contribution in [0.2, 0.25) is 0 Å². The van der Waals surface area contributed by atoms with Crippen LogP contribution in [0.5, 0.6) is 0 Å². The first-order chi connectivity index (χ1) is 9.37. The summed E-state index contributed by atoms with van der Waals surface area (Å²) < 4.78 is 23.1. The summed E-state index contributed by atoms with van der Waals surface area (Å²) in [6.07, 6.45) is 0.216. The fourth-order valence-electron chi connectivity index (χ4n) is 2.15. The van der Waals surface area contributed by atoms with E-state index in [9.17, 15) is 13.2 Å². The summed E-state index contributed by atoms with van der Waals surface area (Å²) >= 11 is 1.52. The number of rotatable bonds is 4. The summed E-state index contributed by atoms with van der Waals surface area (Å²) in [4.78, 5) is 19.0. The molecule has 2 rings (SSSR count). The maximum atomic E-state index is 12.1. The van der Waals surface area contributed by atoms with Crippen LogP contribution in [0.15, 0.2) is 5.51 Å². The molecule has 2 heterocycles. The highest BCUT2D eigenvalue weighted by Gasteiger charge is 2.27. The van der Waals surface area contributed by atoms with Gasteiger partial charge in [-0.2, -0.15) is 0 Å². The van der Waals surface area contributed by atoms with Gasteiger partial charge in [0.15, 0.2) is 9.84 Å². The molecule has 1 fully saturated rings. The van der Waals surface area contributed by atoms with Crippen molar-refractivity contribution >= 4 is 27.1 Å². The number of hydrogen-bond acceptors (Lipinski definition) is 6. The van der Waals surface area contributed by atoms with E-state index in [1.54, 1.807) is 17.5 Å². The Labute approximate surface area is 123 Å². The van der Waals surface area contributed by atoms with Crippen LogP contribution in [0.4, 0.5) is 0 Å². The van der Waals surface area contributed by atoms with E-state index in [1.165, 1.54) is 11.3 Å². The second kappa shape index (κ2) is 6.19. The van der Waals surface area contributed by atoms with E-state index in [-0.39, 0.29) is 29.9 Å². The van der Waals surface area contributed by atoms with Crippen molar-refractivity contribution in [3.8, 4) is 0 Å². The Morgan fingerprint density at radius 2 is 2.35 bits per heavy atom. The van der Waals surface area contributed by atoms with Crippen LogP contribution in [0, 0.1) is 6.92 Å². The number of carbonyl (C=O) groups is 1. The molecule has 0 spiro atoms. The van der Waals surface area contributed by atoms with Gasteiger partial charge in [0, 0.05) is 30.9 Å². The highest BCUT2D eigenvalue weighted by molar-refractivity contribution is 7.91. The summed E-state index contributed by atoms with van der Waals surface area (Å²) in [6, 6.07) is -0.272. The zero-order valence-corrected chi connectivity index (χ0v) is 13.3. The maximum Gasteiger partial charge on any atom is 0.224 e. The van der Waals surface area contributed by atoms with Crippen molar-refractivity contribution in [3.63, 3.8) is 0 Å². The number of aromatic nitrogens is 1. The maximum absolute atomic E-state index is 12.1. The van der Waals surface area contributed by atoms with E-state index in [4.69, 9.17) is 0 Å². The van der Waals surface area contributed by atoms with Crippen molar-refractivity contribution in [3.05, 3.63) is 16.1 Å². The van der Waals surface area contributed by atoms with Crippen LogP contribution in [0.25, 0.3) is 0 Å². The van der Waals surface area contributed by atoms with Crippen LogP contribution < -0.4 is 5.32 Å². The topological polar surface area (TPSA) is 79.4 Å². The van der Waals surface area contributed by atoms with Crippen molar-refractivity contribution < 1.29 is 13.2 Å². The molecular weight excluding hydrogens is 298 g/mol. The van der Waals surface area contributed by atoms with Gasteiger partial charge in [-0.15, -0.1) is 11.3 Å². The number of nitrogens with zero attached hydrogens (tertiary/aromatic N) is 2. The molecule has 1 aliphatic rings. The minimum absolute atomic E-state index is 0.0478. The first-order valence-corrected chi connectivity index (χ1v) is 9.14. The Morgan fingerprint density at radius 3 is 2.95 bits per heavy atom. The third-order valence-corrected chi connectivity index (χ3v) is 6.03. The SMILES string of the molecule is Cc1ncsc1CN(C)C(=O)CC1CS(=O)(=O)CCN1. The quantitative estimate of drug-likeness (QED) is 0.857. The highest BCUT2D eigenvalue weighted by atomic mass is 32.2.